The molecule has 0 aliphatic rings. The molecule has 0 atom stereocenters. The summed E-state index contributed by atoms with van der Waals surface area (Å²) in [4.78, 5) is 13.1. The lowest BCUT2D eigenvalue weighted by Crippen LogP contribution is -1.98. The fourth-order valence-electron chi connectivity index (χ4n) is 7.43. The molecule has 0 aliphatic carbocycles. The molecular weight excluding hydrogens is 552 g/mol. The molecule has 45 heavy (non-hydrogen) atoms. The third-order valence-corrected chi connectivity index (χ3v) is 9.10. The van der Waals surface area contributed by atoms with Gasteiger partial charge in [0, 0.05) is 86.6 Å². The molecule has 0 fully saturated rings. The lowest BCUT2D eigenvalue weighted by atomic mass is 10.0. The molecule has 0 bridgehead atoms. The molecule has 6 heteroatoms. The van der Waals surface area contributed by atoms with Gasteiger partial charge in [-0.3, -0.25) is 15.0 Å². The molecule has 6 nitrogen and oxygen atoms in total. The number of hydrogen-bond acceptors (Lipinski definition) is 3. The van der Waals surface area contributed by atoms with Crippen LogP contribution in [-0.4, -0.2) is 28.7 Å². The number of pyridine rings is 3. The van der Waals surface area contributed by atoms with E-state index >= 15 is 0 Å². The highest BCUT2D eigenvalue weighted by atomic mass is 15.0. The van der Waals surface area contributed by atoms with Gasteiger partial charge in [-0.2, -0.15) is 0 Å². The summed E-state index contributed by atoms with van der Waals surface area (Å²) in [7, 11) is 0. The largest absolute Gasteiger partial charge is 0.308 e. The fourth-order valence-corrected chi connectivity index (χ4v) is 7.43. The lowest BCUT2D eigenvalue weighted by Gasteiger charge is -2.13. The van der Waals surface area contributed by atoms with E-state index in [1.807, 2.05) is 37.2 Å². The lowest BCUT2D eigenvalue weighted by molar-refractivity contribution is 1.15. The van der Waals surface area contributed by atoms with Gasteiger partial charge in [-0.05, 0) is 54.6 Å². The highest BCUT2D eigenvalue weighted by molar-refractivity contribution is 6.40. The van der Waals surface area contributed by atoms with E-state index in [2.05, 4.69) is 138 Å². The first-order valence-electron chi connectivity index (χ1n) is 15.0. The third-order valence-electron chi connectivity index (χ3n) is 9.10. The van der Waals surface area contributed by atoms with Crippen molar-refractivity contribution >= 4 is 65.4 Å². The van der Waals surface area contributed by atoms with Crippen molar-refractivity contribution in [3.8, 4) is 17.1 Å². The highest BCUT2D eigenvalue weighted by Crippen LogP contribution is 2.49. The molecule has 210 valence electrons. The Labute approximate surface area is 257 Å². The number of benzene rings is 4. The number of para-hydroxylation sites is 3. The van der Waals surface area contributed by atoms with Crippen molar-refractivity contribution in [3.63, 3.8) is 0 Å². The molecule has 6 heterocycles. The Bertz CT molecular complexity index is 2400. The Morgan fingerprint density at radius 1 is 0.311 bits per heavy atom. The van der Waals surface area contributed by atoms with Crippen molar-refractivity contribution in [3.05, 3.63) is 146 Å². The zero-order valence-electron chi connectivity index (χ0n) is 24.0. The summed E-state index contributed by atoms with van der Waals surface area (Å²) in [5, 5.41) is 7.27. The zero-order chi connectivity index (χ0) is 29.5. The van der Waals surface area contributed by atoms with E-state index in [0.29, 0.717) is 0 Å². The minimum atomic E-state index is 1.07. The van der Waals surface area contributed by atoms with Gasteiger partial charge in [-0.25, -0.2) is 0 Å². The molecule has 0 N–H and O–H groups in total. The third kappa shape index (κ3) is 3.20. The quantitative estimate of drug-likeness (QED) is 0.211. The van der Waals surface area contributed by atoms with Crippen molar-refractivity contribution in [2.24, 2.45) is 0 Å². The smallest absolute Gasteiger partial charge is 0.0663 e. The topological polar surface area (TPSA) is 53.5 Å². The number of aromatic nitrogens is 6. The van der Waals surface area contributed by atoms with Gasteiger partial charge in [0.05, 0.1) is 33.1 Å². The van der Waals surface area contributed by atoms with Crippen LogP contribution in [0.5, 0.6) is 0 Å². The van der Waals surface area contributed by atoms with Gasteiger partial charge in [0.25, 0.3) is 0 Å². The van der Waals surface area contributed by atoms with E-state index in [9.17, 15) is 0 Å². The van der Waals surface area contributed by atoms with E-state index in [4.69, 9.17) is 0 Å². The Morgan fingerprint density at radius 2 is 0.578 bits per heavy atom. The first kappa shape index (κ1) is 24.2. The van der Waals surface area contributed by atoms with Crippen molar-refractivity contribution in [2.45, 2.75) is 0 Å². The maximum absolute atomic E-state index is 4.37. The van der Waals surface area contributed by atoms with Crippen LogP contribution >= 0.6 is 0 Å². The van der Waals surface area contributed by atoms with E-state index in [1.54, 1.807) is 0 Å². The number of fused-ring (bicyclic) bond motifs is 12. The maximum Gasteiger partial charge on any atom is 0.0663 e. The monoisotopic (exact) mass is 576 g/mol. The van der Waals surface area contributed by atoms with Gasteiger partial charge in [0.15, 0.2) is 0 Å². The molecule has 0 radical (unpaired) electrons. The van der Waals surface area contributed by atoms with Crippen LogP contribution in [0, 0.1) is 0 Å². The van der Waals surface area contributed by atoms with Crippen LogP contribution in [0.1, 0.15) is 0 Å². The van der Waals surface area contributed by atoms with E-state index < -0.39 is 0 Å². The molecule has 0 aliphatic heterocycles. The predicted molar refractivity (Wildman–Crippen MR) is 183 cm³/mol. The fraction of sp³-hybridized carbons (Fsp3) is 0. The zero-order valence-corrected chi connectivity index (χ0v) is 24.0. The average Bonchev–Trinajstić information content (AvgIpc) is 3.75. The van der Waals surface area contributed by atoms with Crippen LogP contribution in [-0.2, 0) is 0 Å². The van der Waals surface area contributed by atoms with Crippen molar-refractivity contribution in [1.29, 1.82) is 0 Å². The van der Waals surface area contributed by atoms with Gasteiger partial charge in [-0.1, -0.05) is 54.6 Å². The van der Waals surface area contributed by atoms with Crippen LogP contribution in [0.25, 0.3) is 82.5 Å². The van der Waals surface area contributed by atoms with E-state index in [0.717, 1.165) is 33.6 Å². The number of hydrogen-bond donors (Lipinski definition) is 0. The summed E-state index contributed by atoms with van der Waals surface area (Å²) in [6.07, 6.45) is 11.2. The Morgan fingerprint density at radius 3 is 0.867 bits per heavy atom. The Hall–Kier alpha value is -6.27. The average molecular weight is 577 g/mol. The van der Waals surface area contributed by atoms with Gasteiger partial charge in [-0.15, -0.1) is 0 Å². The molecule has 0 spiro atoms. The first-order chi connectivity index (χ1) is 22.4. The molecule has 0 saturated heterocycles. The summed E-state index contributed by atoms with van der Waals surface area (Å²) in [6.45, 7) is 0. The van der Waals surface area contributed by atoms with Gasteiger partial charge in [0.2, 0.25) is 0 Å². The van der Waals surface area contributed by atoms with Gasteiger partial charge in [0.1, 0.15) is 0 Å². The van der Waals surface area contributed by atoms with Crippen LogP contribution in [0.2, 0.25) is 0 Å². The Kier molecular flexibility index (Phi) is 4.90. The first-order valence-corrected chi connectivity index (χ1v) is 15.0. The molecule has 0 unspecified atom stereocenters. The van der Waals surface area contributed by atoms with Crippen molar-refractivity contribution in [1.82, 2.24) is 28.7 Å². The summed E-state index contributed by atoms with van der Waals surface area (Å²) in [5.41, 5.74) is 10.2. The molecule has 10 rings (SSSR count). The second-order valence-electron chi connectivity index (χ2n) is 11.3. The molecule has 10 aromatic rings. The Balaban J connectivity index is 1.63. The number of nitrogens with zero attached hydrogens (tertiary/aromatic N) is 6. The maximum atomic E-state index is 4.37. The minimum Gasteiger partial charge on any atom is -0.308 e. The van der Waals surface area contributed by atoms with Crippen LogP contribution in [0.15, 0.2) is 146 Å². The normalized spacial score (nSPS) is 12.0. The second kappa shape index (κ2) is 9.11. The van der Waals surface area contributed by atoms with Crippen LogP contribution in [0.4, 0.5) is 0 Å². The van der Waals surface area contributed by atoms with Crippen LogP contribution < -0.4 is 0 Å². The summed E-state index contributed by atoms with van der Waals surface area (Å²) < 4.78 is 7.27. The highest BCUT2D eigenvalue weighted by Gasteiger charge is 2.28. The van der Waals surface area contributed by atoms with Gasteiger partial charge >= 0.3 is 0 Å². The summed E-state index contributed by atoms with van der Waals surface area (Å²) >= 11 is 0. The standard InChI is InChI=1S/C39H24N6/c1-4-10-31-28(7-1)34-37(43(31)25-13-19-40-20-14-25)35-30-9-3-6-12-33(30)45(27-17-23-42-24-18-27)39(35)36-29-8-2-5-11-32(29)44(38(34)36)26-15-21-41-22-16-26/h1-24H. The van der Waals surface area contributed by atoms with Crippen molar-refractivity contribution in [2.75, 3.05) is 0 Å². The van der Waals surface area contributed by atoms with Crippen LogP contribution in [0.3, 0.4) is 0 Å². The predicted octanol–water partition coefficient (Wildman–Crippen LogP) is 9.16. The molecule has 0 amide bonds. The molecular formula is C39H24N6. The van der Waals surface area contributed by atoms with E-state index in [1.165, 1.54) is 48.9 Å². The second-order valence-corrected chi connectivity index (χ2v) is 11.3. The number of rotatable bonds is 3. The SMILES string of the molecule is c1ccc2c(c1)c1c(c3c4ccccc4n(-c4ccncc4)c3c3c4ccccc4n(-c4ccncc4)c13)n2-c1ccncc1. The summed E-state index contributed by atoms with van der Waals surface area (Å²) in [6, 6.07) is 38.9. The molecule has 4 aromatic carbocycles. The van der Waals surface area contributed by atoms with E-state index in [-0.39, 0.29) is 0 Å². The summed E-state index contributed by atoms with van der Waals surface area (Å²) in [5.74, 6) is 0. The van der Waals surface area contributed by atoms with Gasteiger partial charge < -0.3 is 13.7 Å². The minimum absolute atomic E-state index is 1.07. The molecule has 6 aromatic heterocycles. The van der Waals surface area contributed by atoms with Crippen molar-refractivity contribution < 1.29 is 0 Å². The molecule has 0 saturated carbocycles.